The molecule has 0 bridgehead atoms. The fourth-order valence-electron chi connectivity index (χ4n) is 2.66. The molecule has 1 N–H and O–H groups in total. The van der Waals surface area contributed by atoms with Crippen molar-refractivity contribution in [3.05, 3.63) is 29.0 Å². The predicted octanol–water partition coefficient (Wildman–Crippen LogP) is 2.04. The predicted molar refractivity (Wildman–Crippen MR) is 69.6 cm³/mol. The Morgan fingerprint density at radius 3 is 2.63 bits per heavy atom. The van der Waals surface area contributed by atoms with E-state index in [1.54, 1.807) is 20.3 Å². The average Bonchev–Trinajstić information content (AvgIpc) is 2.80. The van der Waals surface area contributed by atoms with Crippen molar-refractivity contribution in [1.82, 2.24) is 0 Å². The van der Waals surface area contributed by atoms with Crippen molar-refractivity contribution < 1.29 is 19.0 Å². The fourth-order valence-corrected chi connectivity index (χ4v) is 2.66. The quantitative estimate of drug-likeness (QED) is 0.885. The van der Waals surface area contributed by atoms with Gasteiger partial charge in [-0.1, -0.05) is 0 Å². The van der Waals surface area contributed by atoms with Crippen molar-refractivity contribution in [1.29, 1.82) is 0 Å². The van der Waals surface area contributed by atoms with Gasteiger partial charge in [0.2, 0.25) is 0 Å². The van der Waals surface area contributed by atoms with E-state index in [1.165, 1.54) is 0 Å². The van der Waals surface area contributed by atoms with Gasteiger partial charge in [-0.15, -0.1) is 0 Å². The summed E-state index contributed by atoms with van der Waals surface area (Å²) in [6.45, 7) is 2.32. The molecule has 0 saturated heterocycles. The molecule has 5 nitrogen and oxygen atoms in total. The Balaban J connectivity index is 2.16. The van der Waals surface area contributed by atoms with Gasteiger partial charge in [0.1, 0.15) is 5.76 Å². The van der Waals surface area contributed by atoms with Crippen LogP contribution in [0.2, 0.25) is 0 Å². The van der Waals surface area contributed by atoms with E-state index >= 15 is 0 Å². The van der Waals surface area contributed by atoms with Crippen LogP contribution >= 0.6 is 0 Å². The van der Waals surface area contributed by atoms with Gasteiger partial charge in [0.05, 0.1) is 32.3 Å². The van der Waals surface area contributed by atoms with Crippen molar-refractivity contribution in [2.75, 3.05) is 26.1 Å². The molecule has 2 aliphatic rings. The molecule has 0 radical (unpaired) electrons. The summed E-state index contributed by atoms with van der Waals surface area (Å²) < 4.78 is 16.1. The van der Waals surface area contributed by atoms with E-state index in [-0.39, 0.29) is 11.8 Å². The summed E-state index contributed by atoms with van der Waals surface area (Å²) >= 11 is 0. The van der Waals surface area contributed by atoms with Crippen molar-refractivity contribution >= 4 is 11.6 Å². The van der Waals surface area contributed by atoms with Crippen LogP contribution in [-0.4, -0.2) is 26.7 Å². The van der Waals surface area contributed by atoms with Gasteiger partial charge in [-0.25, -0.2) is 0 Å². The van der Waals surface area contributed by atoms with E-state index in [0.717, 1.165) is 11.3 Å². The summed E-state index contributed by atoms with van der Waals surface area (Å²) in [4.78, 5) is 12.1. The molecular formula is C14H15NO4. The lowest BCUT2D eigenvalue weighted by atomic mass is 9.87. The minimum atomic E-state index is -0.0975. The van der Waals surface area contributed by atoms with Gasteiger partial charge in [0, 0.05) is 11.8 Å². The number of carbonyl (C=O) groups is 1. The van der Waals surface area contributed by atoms with E-state index in [9.17, 15) is 4.79 Å². The number of methoxy groups -OCH3 is 2. The second kappa shape index (κ2) is 4.19. The number of rotatable bonds is 2. The maximum absolute atomic E-state index is 12.1. The molecule has 3 rings (SSSR count). The minimum absolute atomic E-state index is 0.0245. The zero-order valence-electron chi connectivity index (χ0n) is 11.1. The first-order chi connectivity index (χ1) is 9.15. The first-order valence-electron chi connectivity index (χ1n) is 6.06. The topological polar surface area (TPSA) is 56.8 Å². The van der Waals surface area contributed by atoms with Crippen molar-refractivity contribution in [2.24, 2.45) is 0 Å². The van der Waals surface area contributed by atoms with Crippen LogP contribution in [0.3, 0.4) is 0 Å². The number of carbonyl (C=O) groups excluding carboxylic acids is 1. The molecule has 5 heteroatoms. The Morgan fingerprint density at radius 2 is 1.95 bits per heavy atom. The highest BCUT2D eigenvalue weighted by Gasteiger charge is 2.37. The molecule has 0 spiro atoms. The average molecular weight is 261 g/mol. The summed E-state index contributed by atoms with van der Waals surface area (Å²) in [6.07, 6.45) is 0. The third-order valence-corrected chi connectivity index (χ3v) is 3.62. The molecule has 0 fully saturated rings. The number of benzene rings is 1. The monoisotopic (exact) mass is 261 g/mol. The molecular weight excluding hydrogens is 246 g/mol. The molecule has 100 valence electrons. The number of hydrogen-bond acceptors (Lipinski definition) is 4. The Labute approximate surface area is 111 Å². The van der Waals surface area contributed by atoms with Crippen LogP contribution in [0.25, 0.3) is 0 Å². The Kier molecular flexibility index (Phi) is 2.62. The van der Waals surface area contributed by atoms with E-state index in [2.05, 4.69) is 5.32 Å². The van der Waals surface area contributed by atoms with Crippen molar-refractivity contribution in [2.45, 2.75) is 12.8 Å². The molecule has 1 unspecified atom stereocenters. The highest BCUT2D eigenvalue weighted by molar-refractivity contribution is 6.08. The van der Waals surface area contributed by atoms with Gasteiger partial charge in [-0.05, 0) is 18.6 Å². The van der Waals surface area contributed by atoms with Crippen LogP contribution in [0.5, 0.6) is 11.5 Å². The Morgan fingerprint density at radius 1 is 1.26 bits per heavy atom. The normalized spacial score (nSPS) is 20.4. The lowest BCUT2D eigenvalue weighted by Gasteiger charge is -2.24. The van der Waals surface area contributed by atoms with Crippen LogP contribution in [0, 0.1) is 0 Å². The van der Waals surface area contributed by atoms with Gasteiger partial charge >= 0.3 is 0 Å². The molecule has 2 aliphatic heterocycles. The number of ether oxygens (including phenoxy) is 3. The lowest BCUT2D eigenvalue weighted by Crippen LogP contribution is -2.25. The molecule has 1 aromatic carbocycles. The number of fused-ring (bicyclic) bond motifs is 3. The van der Waals surface area contributed by atoms with Gasteiger partial charge in [-0.2, -0.15) is 0 Å². The second-order valence-electron chi connectivity index (χ2n) is 4.58. The van der Waals surface area contributed by atoms with Crippen molar-refractivity contribution in [3.63, 3.8) is 0 Å². The van der Waals surface area contributed by atoms with Crippen molar-refractivity contribution in [3.8, 4) is 11.5 Å². The van der Waals surface area contributed by atoms with E-state index in [1.807, 2.05) is 13.0 Å². The first-order valence-corrected chi connectivity index (χ1v) is 6.06. The van der Waals surface area contributed by atoms with E-state index < -0.39 is 0 Å². The highest BCUT2D eigenvalue weighted by Crippen LogP contribution is 2.45. The molecule has 1 atom stereocenters. The van der Waals surface area contributed by atoms with Crippen LogP contribution in [-0.2, 0) is 9.53 Å². The van der Waals surface area contributed by atoms with Crippen LogP contribution in [0.1, 0.15) is 18.4 Å². The summed E-state index contributed by atoms with van der Waals surface area (Å²) in [6, 6.07) is 3.69. The zero-order chi connectivity index (χ0) is 13.6. The smallest absolute Gasteiger partial charge is 0.255 e. The Hall–Kier alpha value is -2.17. The van der Waals surface area contributed by atoms with Crippen LogP contribution in [0.4, 0.5) is 5.69 Å². The number of allylic oxidation sites excluding steroid dienone is 1. The van der Waals surface area contributed by atoms with Crippen LogP contribution in [0.15, 0.2) is 23.5 Å². The molecule has 19 heavy (non-hydrogen) atoms. The summed E-state index contributed by atoms with van der Waals surface area (Å²) in [5, 5.41) is 2.88. The maximum Gasteiger partial charge on any atom is 0.255 e. The first kappa shape index (κ1) is 11.9. The van der Waals surface area contributed by atoms with E-state index in [0.29, 0.717) is 29.4 Å². The number of amides is 1. The van der Waals surface area contributed by atoms with E-state index in [4.69, 9.17) is 14.2 Å². The maximum atomic E-state index is 12.1. The lowest BCUT2D eigenvalue weighted by molar-refractivity contribution is -0.113. The number of nitrogens with one attached hydrogen (secondary N) is 1. The molecule has 2 heterocycles. The molecule has 0 saturated carbocycles. The largest absolute Gasteiger partial charge is 0.497 e. The second-order valence-corrected chi connectivity index (χ2v) is 4.58. The third kappa shape index (κ3) is 1.65. The highest BCUT2D eigenvalue weighted by atomic mass is 16.5. The van der Waals surface area contributed by atoms with Gasteiger partial charge in [0.15, 0.2) is 11.5 Å². The number of hydrogen-bond donors (Lipinski definition) is 1. The molecule has 0 aromatic heterocycles. The standard InChI is InChI=1S/C14H15NO4/c1-7-13-9(6-19-7)8-4-11(17-2)12(18-3)5-10(8)15-14(13)16/h4-5,9H,6H2,1-3H3,(H,15,16). The minimum Gasteiger partial charge on any atom is -0.497 e. The molecule has 0 aliphatic carbocycles. The number of anilines is 1. The van der Waals surface area contributed by atoms with Crippen LogP contribution < -0.4 is 14.8 Å². The summed E-state index contributed by atoms with van der Waals surface area (Å²) in [5.41, 5.74) is 2.47. The SMILES string of the molecule is COc1cc2c(cc1OC)C1COC(C)=C1C(=O)N2. The zero-order valence-corrected chi connectivity index (χ0v) is 11.1. The molecule has 1 amide bonds. The van der Waals surface area contributed by atoms with Gasteiger partial charge in [-0.3, -0.25) is 4.79 Å². The van der Waals surface area contributed by atoms with Gasteiger partial charge < -0.3 is 19.5 Å². The Bertz CT molecular complexity index is 591. The summed E-state index contributed by atoms with van der Waals surface area (Å²) in [7, 11) is 3.17. The fraction of sp³-hybridized carbons (Fsp3) is 0.357. The molecule has 1 aromatic rings. The van der Waals surface area contributed by atoms with Gasteiger partial charge in [0.25, 0.3) is 5.91 Å². The summed E-state index contributed by atoms with van der Waals surface area (Å²) in [5.74, 6) is 1.83. The third-order valence-electron chi connectivity index (χ3n) is 3.62.